The molecule has 1 unspecified atom stereocenters. The van der Waals surface area contributed by atoms with Gasteiger partial charge in [-0.1, -0.05) is 29.8 Å². The Morgan fingerprint density at radius 2 is 1.67 bits per heavy atom. The van der Waals surface area contributed by atoms with Crippen molar-refractivity contribution in [2.24, 2.45) is 0 Å². The summed E-state index contributed by atoms with van der Waals surface area (Å²) in [5.74, 6) is -0.345. The number of nitrogens with one attached hydrogen (secondary N) is 1. The third kappa shape index (κ3) is 8.56. The Balaban J connectivity index is 1.68. The van der Waals surface area contributed by atoms with Crippen molar-refractivity contribution in [3.8, 4) is 6.07 Å². The van der Waals surface area contributed by atoms with Gasteiger partial charge in [-0.15, -0.1) is 0 Å². The number of hydrogen-bond donors (Lipinski definition) is 1. The van der Waals surface area contributed by atoms with Crippen LogP contribution in [0.3, 0.4) is 0 Å². The number of hydrogen-bond acceptors (Lipinski definition) is 6. The van der Waals surface area contributed by atoms with Gasteiger partial charge in [0.25, 0.3) is 0 Å². The summed E-state index contributed by atoms with van der Waals surface area (Å²) < 4.78 is 5.59. The van der Waals surface area contributed by atoms with Crippen LogP contribution in [-0.4, -0.2) is 78.6 Å². The second-order valence-corrected chi connectivity index (χ2v) is 12.4. The number of likely N-dealkylation sites (N-methyl/N-ethyl adjacent to an activating group) is 1. The summed E-state index contributed by atoms with van der Waals surface area (Å²) in [4.78, 5) is 44.4. The molecule has 9 nitrogen and oxygen atoms in total. The lowest BCUT2D eigenvalue weighted by Crippen LogP contribution is -2.48. The molecule has 1 aliphatic rings. The van der Waals surface area contributed by atoms with Gasteiger partial charge in [0, 0.05) is 37.9 Å². The molecule has 0 aromatic heterocycles. The Bertz CT molecular complexity index is 1340. The van der Waals surface area contributed by atoms with E-state index in [2.05, 4.69) is 36.5 Å². The normalized spacial score (nSPS) is 14.2. The van der Waals surface area contributed by atoms with Crippen LogP contribution >= 0.6 is 0 Å². The molecule has 1 N–H and O–H groups in total. The van der Waals surface area contributed by atoms with Crippen molar-refractivity contribution in [2.45, 2.75) is 79.0 Å². The van der Waals surface area contributed by atoms with Gasteiger partial charge in [-0.05, 0) is 90.1 Å². The molecule has 0 saturated heterocycles. The van der Waals surface area contributed by atoms with E-state index < -0.39 is 11.7 Å². The van der Waals surface area contributed by atoms with Crippen molar-refractivity contribution < 1.29 is 19.1 Å². The number of anilines is 1. The highest BCUT2D eigenvalue weighted by Gasteiger charge is 2.29. The van der Waals surface area contributed by atoms with Gasteiger partial charge >= 0.3 is 6.09 Å². The standard InChI is InChI=1S/C33H45N5O4/c1-22(2)37(32(41)42-33(5,6)7)13-14-38(29-16-25(19-34)11-10-24(29)4)31(40)21-35-20-30(39)36(8)28-17-26-12-9-23(3)15-27(26)18-28/h9-12,15-16,22,28,35H,13-14,17-18,20-21H2,1-8H3. The van der Waals surface area contributed by atoms with Gasteiger partial charge in [0.2, 0.25) is 11.8 Å². The highest BCUT2D eigenvalue weighted by atomic mass is 16.6. The van der Waals surface area contributed by atoms with Crippen molar-refractivity contribution in [2.75, 3.05) is 38.1 Å². The third-order valence-corrected chi connectivity index (χ3v) is 7.51. The summed E-state index contributed by atoms with van der Waals surface area (Å²) in [5, 5.41) is 12.5. The summed E-state index contributed by atoms with van der Waals surface area (Å²) >= 11 is 0. The minimum absolute atomic E-state index is 0.0230. The first-order valence-corrected chi connectivity index (χ1v) is 14.6. The molecule has 0 spiro atoms. The van der Waals surface area contributed by atoms with E-state index in [1.54, 1.807) is 32.9 Å². The van der Waals surface area contributed by atoms with E-state index in [4.69, 9.17) is 4.74 Å². The number of aryl methyl sites for hydroxylation is 2. The third-order valence-electron chi connectivity index (χ3n) is 7.51. The highest BCUT2D eigenvalue weighted by molar-refractivity contribution is 5.96. The van der Waals surface area contributed by atoms with Crippen molar-refractivity contribution >= 4 is 23.6 Å². The number of benzene rings is 2. The fourth-order valence-corrected chi connectivity index (χ4v) is 5.14. The first kappa shape index (κ1) is 32.6. The molecular formula is C33H45N5O4. The lowest BCUT2D eigenvalue weighted by atomic mass is 10.1. The van der Waals surface area contributed by atoms with E-state index in [0.29, 0.717) is 11.3 Å². The maximum atomic E-state index is 13.6. The van der Waals surface area contributed by atoms with Crippen LogP contribution < -0.4 is 10.2 Å². The first-order valence-electron chi connectivity index (χ1n) is 14.6. The Kier molecular flexibility index (Phi) is 10.7. The molecule has 1 atom stereocenters. The van der Waals surface area contributed by atoms with E-state index in [1.165, 1.54) is 16.7 Å². The van der Waals surface area contributed by atoms with Crippen molar-refractivity contribution in [1.29, 1.82) is 5.26 Å². The van der Waals surface area contributed by atoms with Gasteiger partial charge < -0.3 is 19.4 Å². The minimum Gasteiger partial charge on any atom is -0.444 e. The van der Waals surface area contributed by atoms with Crippen LogP contribution in [0.25, 0.3) is 0 Å². The van der Waals surface area contributed by atoms with Crippen molar-refractivity contribution in [3.05, 3.63) is 64.2 Å². The summed E-state index contributed by atoms with van der Waals surface area (Å²) in [6.45, 7) is 13.5. The number of carbonyl (C=O) groups is 3. The molecule has 2 aromatic carbocycles. The molecule has 9 heteroatoms. The zero-order chi connectivity index (χ0) is 31.2. The minimum atomic E-state index is -0.651. The van der Waals surface area contributed by atoms with Crippen LogP contribution in [0, 0.1) is 25.2 Å². The average molecular weight is 576 g/mol. The number of rotatable bonds is 10. The summed E-state index contributed by atoms with van der Waals surface area (Å²) in [7, 11) is 1.81. The zero-order valence-electron chi connectivity index (χ0n) is 26.3. The summed E-state index contributed by atoms with van der Waals surface area (Å²) in [5.41, 5.74) is 4.97. The van der Waals surface area contributed by atoms with Crippen LogP contribution in [-0.2, 0) is 27.2 Å². The second-order valence-electron chi connectivity index (χ2n) is 12.4. The van der Waals surface area contributed by atoms with Gasteiger partial charge in [0.15, 0.2) is 0 Å². The molecule has 0 radical (unpaired) electrons. The zero-order valence-corrected chi connectivity index (χ0v) is 26.3. The molecule has 0 aliphatic heterocycles. The Labute approximate surface area is 250 Å². The second kappa shape index (κ2) is 13.8. The molecule has 226 valence electrons. The Hall–Kier alpha value is -3.90. The number of ether oxygens (including phenoxy) is 1. The van der Waals surface area contributed by atoms with Crippen LogP contribution in [0.4, 0.5) is 10.5 Å². The maximum Gasteiger partial charge on any atom is 0.410 e. The maximum absolute atomic E-state index is 13.6. The molecule has 0 fully saturated rings. The molecule has 3 amide bonds. The van der Waals surface area contributed by atoms with Crippen molar-refractivity contribution in [1.82, 2.24) is 15.1 Å². The predicted octanol–water partition coefficient (Wildman–Crippen LogP) is 4.37. The molecule has 0 saturated carbocycles. The topological polar surface area (TPSA) is 106 Å². The highest BCUT2D eigenvalue weighted by Crippen LogP contribution is 2.26. The van der Waals surface area contributed by atoms with Crippen LogP contribution in [0.15, 0.2) is 36.4 Å². The van der Waals surface area contributed by atoms with E-state index in [-0.39, 0.29) is 50.1 Å². The SMILES string of the molecule is Cc1ccc2c(c1)CC(N(C)C(=O)CNCC(=O)N(CCN(C(=O)OC(C)(C)C)C(C)C)c1cc(C#N)ccc1C)C2. The lowest BCUT2D eigenvalue weighted by molar-refractivity contribution is -0.130. The van der Waals surface area contributed by atoms with Gasteiger partial charge in [-0.2, -0.15) is 5.26 Å². The fraction of sp³-hybridized carbons (Fsp3) is 0.515. The van der Waals surface area contributed by atoms with Crippen LogP contribution in [0.1, 0.15) is 62.4 Å². The smallest absolute Gasteiger partial charge is 0.410 e. The molecule has 2 aromatic rings. The molecule has 42 heavy (non-hydrogen) atoms. The first-order chi connectivity index (χ1) is 19.7. The molecule has 1 aliphatic carbocycles. The quantitative estimate of drug-likeness (QED) is 0.451. The largest absolute Gasteiger partial charge is 0.444 e. The van der Waals surface area contributed by atoms with Gasteiger partial charge in [0.1, 0.15) is 5.60 Å². The number of amides is 3. The number of fused-ring (bicyclic) bond motifs is 1. The van der Waals surface area contributed by atoms with Crippen LogP contribution in [0.5, 0.6) is 0 Å². The number of nitriles is 1. The molecular weight excluding hydrogens is 530 g/mol. The van der Waals surface area contributed by atoms with Crippen molar-refractivity contribution in [3.63, 3.8) is 0 Å². The van der Waals surface area contributed by atoms with Gasteiger partial charge in [0.05, 0.1) is 24.7 Å². The molecule has 0 bridgehead atoms. The number of nitrogens with zero attached hydrogens (tertiary/aromatic N) is 4. The molecule has 0 heterocycles. The Morgan fingerprint density at radius 3 is 2.31 bits per heavy atom. The fourth-order valence-electron chi connectivity index (χ4n) is 5.14. The predicted molar refractivity (Wildman–Crippen MR) is 164 cm³/mol. The lowest BCUT2D eigenvalue weighted by Gasteiger charge is -2.33. The number of carbonyl (C=O) groups excluding carboxylic acids is 3. The van der Waals surface area contributed by atoms with E-state index in [1.807, 2.05) is 48.6 Å². The van der Waals surface area contributed by atoms with Gasteiger partial charge in [-0.3, -0.25) is 14.9 Å². The van der Waals surface area contributed by atoms with E-state index in [0.717, 1.165) is 18.4 Å². The summed E-state index contributed by atoms with van der Waals surface area (Å²) in [6.07, 6.45) is 1.19. The van der Waals surface area contributed by atoms with Gasteiger partial charge in [-0.25, -0.2) is 4.79 Å². The molecule has 3 rings (SSSR count). The Morgan fingerprint density at radius 1 is 1.00 bits per heavy atom. The van der Waals surface area contributed by atoms with E-state index >= 15 is 0 Å². The monoisotopic (exact) mass is 575 g/mol. The van der Waals surface area contributed by atoms with E-state index in [9.17, 15) is 19.6 Å². The average Bonchev–Trinajstić information content (AvgIpc) is 3.33. The summed E-state index contributed by atoms with van der Waals surface area (Å²) in [6, 6.07) is 13.7. The van der Waals surface area contributed by atoms with Crippen LogP contribution in [0.2, 0.25) is 0 Å².